The van der Waals surface area contributed by atoms with Crippen LogP contribution in [0.1, 0.15) is 54.2 Å². The van der Waals surface area contributed by atoms with Crippen LogP contribution >= 0.6 is 0 Å². The van der Waals surface area contributed by atoms with E-state index in [0.717, 1.165) is 55.7 Å². The van der Waals surface area contributed by atoms with Gasteiger partial charge in [0.25, 0.3) is 5.91 Å². The first-order chi connectivity index (χ1) is 11.2. The molecule has 4 nitrogen and oxygen atoms in total. The van der Waals surface area contributed by atoms with Gasteiger partial charge < -0.3 is 4.90 Å². The van der Waals surface area contributed by atoms with Crippen LogP contribution in [0.3, 0.4) is 0 Å². The molecule has 1 saturated heterocycles. The smallest absolute Gasteiger partial charge is 0.257 e. The Kier molecular flexibility index (Phi) is 4.79. The number of likely N-dealkylation sites (tertiary alicyclic amines) is 1. The summed E-state index contributed by atoms with van der Waals surface area (Å²) >= 11 is 0. The van der Waals surface area contributed by atoms with Gasteiger partial charge in [-0.25, -0.2) is 4.68 Å². The molecule has 1 fully saturated rings. The lowest BCUT2D eigenvalue weighted by atomic mass is 10.1. The number of nitrogens with zero attached hydrogens (tertiary/aromatic N) is 3. The predicted molar refractivity (Wildman–Crippen MR) is 92.1 cm³/mol. The summed E-state index contributed by atoms with van der Waals surface area (Å²) in [5, 5.41) is 4.55. The second-order valence-electron chi connectivity index (χ2n) is 6.31. The van der Waals surface area contributed by atoms with E-state index in [1.165, 1.54) is 12.0 Å². The zero-order chi connectivity index (χ0) is 16.2. The molecule has 0 saturated carbocycles. The van der Waals surface area contributed by atoms with E-state index in [2.05, 4.69) is 31.1 Å². The van der Waals surface area contributed by atoms with Gasteiger partial charge in [0.1, 0.15) is 0 Å². The number of hydrogen-bond donors (Lipinski definition) is 0. The Hall–Kier alpha value is -2.10. The van der Waals surface area contributed by atoms with Crippen molar-refractivity contribution in [2.24, 2.45) is 0 Å². The summed E-state index contributed by atoms with van der Waals surface area (Å²) in [6.45, 7) is 5.98. The Balaban J connectivity index is 1.98. The molecule has 122 valence electrons. The molecule has 0 unspecified atom stereocenters. The van der Waals surface area contributed by atoms with Gasteiger partial charge in [-0.3, -0.25) is 4.79 Å². The van der Waals surface area contributed by atoms with E-state index in [1.807, 2.05) is 21.7 Å². The molecule has 2 heterocycles. The summed E-state index contributed by atoms with van der Waals surface area (Å²) < 4.78 is 1.95. The third-order valence-electron chi connectivity index (χ3n) is 4.57. The third kappa shape index (κ3) is 3.16. The first kappa shape index (κ1) is 15.8. The standard InChI is InChI=1S/C19H25N3O/c1-3-9-18-16(19(23)21-12-7-4-8-13-21)14-20-22(18)17-11-6-5-10-15(17)2/h5-6,10-11,14H,3-4,7-9,12-13H2,1-2H3. The summed E-state index contributed by atoms with van der Waals surface area (Å²) in [6, 6.07) is 8.20. The van der Waals surface area contributed by atoms with Crippen molar-refractivity contribution in [2.45, 2.75) is 46.0 Å². The Morgan fingerprint density at radius 2 is 1.91 bits per heavy atom. The van der Waals surface area contributed by atoms with Gasteiger partial charge in [-0.2, -0.15) is 5.10 Å². The van der Waals surface area contributed by atoms with Crippen LogP contribution in [0.25, 0.3) is 5.69 Å². The highest BCUT2D eigenvalue weighted by molar-refractivity contribution is 5.95. The van der Waals surface area contributed by atoms with Gasteiger partial charge in [0, 0.05) is 13.1 Å². The van der Waals surface area contributed by atoms with Crippen LogP contribution in [0.5, 0.6) is 0 Å². The number of aromatic nitrogens is 2. The van der Waals surface area contributed by atoms with Crippen molar-refractivity contribution in [3.05, 3.63) is 47.3 Å². The number of para-hydroxylation sites is 1. The van der Waals surface area contributed by atoms with E-state index in [1.54, 1.807) is 6.20 Å². The molecule has 0 spiro atoms. The Morgan fingerprint density at radius 3 is 2.61 bits per heavy atom. The normalized spacial score (nSPS) is 15.0. The van der Waals surface area contributed by atoms with Gasteiger partial charge in [0.2, 0.25) is 0 Å². The molecule has 4 heteroatoms. The third-order valence-corrected chi connectivity index (χ3v) is 4.57. The van der Waals surface area contributed by atoms with Crippen molar-refractivity contribution in [2.75, 3.05) is 13.1 Å². The van der Waals surface area contributed by atoms with E-state index >= 15 is 0 Å². The summed E-state index contributed by atoms with van der Waals surface area (Å²) in [5.74, 6) is 0.146. The van der Waals surface area contributed by atoms with E-state index in [4.69, 9.17) is 0 Å². The molecular formula is C19H25N3O. The quantitative estimate of drug-likeness (QED) is 0.862. The summed E-state index contributed by atoms with van der Waals surface area (Å²) in [5.41, 5.74) is 4.05. The number of amides is 1. The number of rotatable bonds is 4. The molecule has 3 rings (SSSR count). The lowest BCUT2D eigenvalue weighted by Gasteiger charge is -2.26. The highest BCUT2D eigenvalue weighted by Crippen LogP contribution is 2.22. The average molecular weight is 311 g/mol. The number of aryl methyl sites for hydroxylation is 1. The molecule has 1 aliphatic heterocycles. The number of benzene rings is 1. The second kappa shape index (κ2) is 6.99. The lowest BCUT2D eigenvalue weighted by molar-refractivity contribution is 0.0723. The molecule has 0 aliphatic carbocycles. The summed E-state index contributed by atoms with van der Waals surface area (Å²) in [7, 11) is 0. The van der Waals surface area contributed by atoms with Crippen LogP contribution in [0.2, 0.25) is 0 Å². The van der Waals surface area contributed by atoms with Gasteiger partial charge in [-0.05, 0) is 44.2 Å². The maximum Gasteiger partial charge on any atom is 0.257 e. The van der Waals surface area contributed by atoms with Crippen LogP contribution < -0.4 is 0 Å². The summed E-state index contributed by atoms with van der Waals surface area (Å²) in [6.07, 6.45) is 7.07. The van der Waals surface area contributed by atoms with Crippen LogP contribution in [0.15, 0.2) is 30.5 Å². The Labute approximate surface area is 138 Å². The minimum atomic E-state index is 0.146. The number of piperidine rings is 1. The fraction of sp³-hybridized carbons (Fsp3) is 0.474. The molecule has 1 aromatic heterocycles. The van der Waals surface area contributed by atoms with Crippen molar-refractivity contribution >= 4 is 5.91 Å². The van der Waals surface area contributed by atoms with Crippen molar-refractivity contribution in [1.29, 1.82) is 0 Å². The minimum Gasteiger partial charge on any atom is -0.339 e. The average Bonchev–Trinajstić information content (AvgIpc) is 2.99. The molecule has 1 aromatic carbocycles. The van der Waals surface area contributed by atoms with Crippen molar-refractivity contribution in [1.82, 2.24) is 14.7 Å². The van der Waals surface area contributed by atoms with E-state index in [0.29, 0.717) is 0 Å². The van der Waals surface area contributed by atoms with Gasteiger partial charge in [0.15, 0.2) is 0 Å². The zero-order valence-corrected chi connectivity index (χ0v) is 14.1. The first-order valence-electron chi connectivity index (χ1n) is 8.64. The molecule has 0 bridgehead atoms. The fourth-order valence-corrected chi connectivity index (χ4v) is 3.31. The highest BCUT2D eigenvalue weighted by atomic mass is 16.2. The maximum absolute atomic E-state index is 12.9. The molecule has 2 aromatic rings. The molecule has 0 radical (unpaired) electrons. The molecular weight excluding hydrogens is 286 g/mol. The van der Waals surface area contributed by atoms with E-state index in [9.17, 15) is 4.79 Å². The molecule has 23 heavy (non-hydrogen) atoms. The fourth-order valence-electron chi connectivity index (χ4n) is 3.31. The predicted octanol–water partition coefficient (Wildman–Crippen LogP) is 3.76. The van der Waals surface area contributed by atoms with E-state index in [-0.39, 0.29) is 5.91 Å². The van der Waals surface area contributed by atoms with Crippen molar-refractivity contribution < 1.29 is 4.79 Å². The number of carbonyl (C=O) groups excluding carboxylic acids is 1. The lowest BCUT2D eigenvalue weighted by Crippen LogP contribution is -2.36. The minimum absolute atomic E-state index is 0.146. The topological polar surface area (TPSA) is 38.1 Å². The Morgan fingerprint density at radius 1 is 1.17 bits per heavy atom. The number of hydrogen-bond acceptors (Lipinski definition) is 2. The molecule has 0 N–H and O–H groups in total. The largest absolute Gasteiger partial charge is 0.339 e. The zero-order valence-electron chi connectivity index (χ0n) is 14.1. The van der Waals surface area contributed by atoms with Crippen molar-refractivity contribution in [3.8, 4) is 5.69 Å². The monoisotopic (exact) mass is 311 g/mol. The molecule has 1 amide bonds. The van der Waals surface area contributed by atoms with Crippen LogP contribution in [-0.2, 0) is 6.42 Å². The molecule has 0 atom stereocenters. The molecule has 1 aliphatic rings. The van der Waals surface area contributed by atoms with Crippen LogP contribution in [0, 0.1) is 6.92 Å². The Bertz CT molecular complexity index is 684. The van der Waals surface area contributed by atoms with Crippen molar-refractivity contribution in [3.63, 3.8) is 0 Å². The van der Waals surface area contributed by atoms with Gasteiger partial charge in [0.05, 0.1) is 23.1 Å². The van der Waals surface area contributed by atoms with E-state index < -0.39 is 0 Å². The SMILES string of the molecule is CCCc1c(C(=O)N2CCCCC2)cnn1-c1ccccc1C. The first-order valence-corrected chi connectivity index (χ1v) is 8.64. The van der Waals surface area contributed by atoms with Gasteiger partial charge in [-0.1, -0.05) is 31.5 Å². The number of carbonyl (C=O) groups is 1. The maximum atomic E-state index is 12.9. The van der Waals surface area contributed by atoms with Gasteiger partial charge in [-0.15, -0.1) is 0 Å². The van der Waals surface area contributed by atoms with Crippen LogP contribution in [0.4, 0.5) is 0 Å². The van der Waals surface area contributed by atoms with Gasteiger partial charge >= 0.3 is 0 Å². The van der Waals surface area contributed by atoms with Crippen LogP contribution in [-0.4, -0.2) is 33.7 Å². The second-order valence-corrected chi connectivity index (χ2v) is 6.31. The highest BCUT2D eigenvalue weighted by Gasteiger charge is 2.24. The summed E-state index contributed by atoms with van der Waals surface area (Å²) in [4.78, 5) is 14.9.